The molecule has 0 aliphatic carbocycles. The van der Waals surface area contributed by atoms with Gasteiger partial charge in [-0.1, -0.05) is 78.9 Å². The van der Waals surface area contributed by atoms with Crippen LogP contribution in [-0.2, 0) is 0 Å². The molecule has 0 radical (unpaired) electrons. The Bertz CT molecular complexity index is 1520. The lowest BCUT2D eigenvalue weighted by molar-refractivity contribution is 0.849. The lowest BCUT2D eigenvalue weighted by atomic mass is 10.0. The Hall–Kier alpha value is -5.03. The van der Waals surface area contributed by atoms with E-state index in [2.05, 4.69) is 98.8 Å². The third-order valence-corrected chi connectivity index (χ3v) is 6.50. The van der Waals surface area contributed by atoms with Crippen LogP contribution in [-0.4, -0.2) is 6.21 Å². The van der Waals surface area contributed by atoms with Crippen molar-refractivity contribution in [2.75, 3.05) is 9.80 Å². The van der Waals surface area contributed by atoms with E-state index in [1.807, 2.05) is 54.6 Å². The SMILES string of the molecule is N=NC(C=Nc1ccccc1)c1ccccc1N1c2ccccc2N(c2ccccc2)c2ccccc21. The molecular weight excluding hydrogens is 454 g/mol. The topological polar surface area (TPSA) is 55.1 Å². The molecule has 5 aromatic rings. The fourth-order valence-electron chi connectivity index (χ4n) is 4.85. The molecule has 0 amide bonds. The van der Waals surface area contributed by atoms with Gasteiger partial charge in [0.2, 0.25) is 0 Å². The van der Waals surface area contributed by atoms with E-state index in [-0.39, 0.29) is 0 Å². The first-order valence-electron chi connectivity index (χ1n) is 12.2. The lowest BCUT2D eigenvalue weighted by Crippen LogP contribution is -2.24. The number of hydrogen-bond donors (Lipinski definition) is 1. The maximum atomic E-state index is 8.02. The minimum Gasteiger partial charge on any atom is -0.306 e. The molecule has 5 heteroatoms. The van der Waals surface area contributed by atoms with E-state index in [0.29, 0.717) is 0 Å². The zero-order valence-corrected chi connectivity index (χ0v) is 20.1. The van der Waals surface area contributed by atoms with Gasteiger partial charge in [0.05, 0.1) is 34.1 Å². The summed E-state index contributed by atoms with van der Waals surface area (Å²) in [5.41, 5.74) is 16.1. The van der Waals surface area contributed by atoms with Gasteiger partial charge in [-0.2, -0.15) is 5.11 Å². The molecule has 0 aromatic heterocycles. The van der Waals surface area contributed by atoms with E-state index >= 15 is 0 Å². The molecule has 37 heavy (non-hydrogen) atoms. The summed E-state index contributed by atoms with van der Waals surface area (Å²) in [7, 11) is 0. The predicted octanol–water partition coefficient (Wildman–Crippen LogP) is 9.41. The summed E-state index contributed by atoms with van der Waals surface area (Å²) in [6.45, 7) is 0. The number of aliphatic imine (C=N–C) groups is 1. The summed E-state index contributed by atoms with van der Waals surface area (Å²) in [6.07, 6.45) is 1.75. The molecule has 1 atom stereocenters. The van der Waals surface area contributed by atoms with E-state index in [4.69, 9.17) is 5.53 Å². The normalized spacial score (nSPS) is 13.2. The summed E-state index contributed by atoms with van der Waals surface area (Å²) in [6, 6.07) is 44.7. The van der Waals surface area contributed by atoms with Crippen LogP contribution in [0.15, 0.2) is 144 Å². The Balaban J connectivity index is 1.52. The van der Waals surface area contributed by atoms with Crippen LogP contribution >= 0.6 is 0 Å². The third-order valence-electron chi connectivity index (χ3n) is 6.50. The van der Waals surface area contributed by atoms with E-state index < -0.39 is 6.04 Å². The first-order valence-corrected chi connectivity index (χ1v) is 12.2. The molecule has 178 valence electrons. The average Bonchev–Trinajstić information content (AvgIpc) is 2.97. The highest BCUT2D eigenvalue weighted by Crippen LogP contribution is 2.54. The number of benzene rings is 5. The van der Waals surface area contributed by atoms with Crippen molar-refractivity contribution in [3.8, 4) is 0 Å². The molecular formula is C32H25N5. The van der Waals surface area contributed by atoms with E-state index in [0.717, 1.165) is 45.4 Å². The number of nitrogens with one attached hydrogen (secondary N) is 1. The van der Waals surface area contributed by atoms with Crippen molar-refractivity contribution < 1.29 is 0 Å². The minimum atomic E-state index is -0.525. The lowest BCUT2D eigenvalue weighted by Gasteiger charge is -2.41. The highest BCUT2D eigenvalue weighted by Gasteiger charge is 2.31. The van der Waals surface area contributed by atoms with Crippen LogP contribution in [0.2, 0.25) is 0 Å². The Morgan fingerprint density at radius 2 is 0.973 bits per heavy atom. The second-order valence-electron chi connectivity index (χ2n) is 8.73. The number of para-hydroxylation sites is 7. The summed E-state index contributed by atoms with van der Waals surface area (Å²) in [4.78, 5) is 9.19. The van der Waals surface area contributed by atoms with Crippen molar-refractivity contribution in [3.63, 3.8) is 0 Å². The molecule has 6 rings (SSSR count). The van der Waals surface area contributed by atoms with Crippen molar-refractivity contribution >= 4 is 46.0 Å². The zero-order valence-electron chi connectivity index (χ0n) is 20.1. The van der Waals surface area contributed by atoms with Crippen molar-refractivity contribution in [1.29, 1.82) is 5.53 Å². The first-order chi connectivity index (χ1) is 18.3. The van der Waals surface area contributed by atoms with E-state index in [1.54, 1.807) is 6.21 Å². The van der Waals surface area contributed by atoms with Crippen LogP contribution < -0.4 is 9.80 Å². The van der Waals surface area contributed by atoms with Crippen molar-refractivity contribution in [1.82, 2.24) is 0 Å². The molecule has 1 unspecified atom stereocenters. The van der Waals surface area contributed by atoms with Gasteiger partial charge in [-0.25, -0.2) is 5.53 Å². The van der Waals surface area contributed by atoms with Gasteiger partial charge in [-0.3, -0.25) is 4.99 Å². The van der Waals surface area contributed by atoms with E-state index in [1.165, 1.54) is 0 Å². The maximum absolute atomic E-state index is 8.02. The number of nitrogens with zero attached hydrogens (tertiary/aromatic N) is 4. The standard InChI is InChI=1S/C32H25N5/c33-35-27(23-34-24-13-3-1-4-14-24)26-17-7-8-18-28(26)37-31-21-11-9-19-29(31)36(25-15-5-2-6-16-25)30-20-10-12-22-32(30)37/h1-23,27,33H. The number of rotatable bonds is 6. The van der Waals surface area contributed by atoms with Crippen molar-refractivity contribution in [2.45, 2.75) is 6.04 Å². The summed E-state index contributed by atoms with van der Waals surface area (Å²) in [5.74, 6) is 0. The molecule has 0 spiro atoms. The quantitative estimate of drug-likeness (QED) is 0.191. The Kier molecular flexibility index (Phi) is 6.01. The first kappa shape index (κ1) is 22.4. The monoisotopic (exact) mass is 479 g/mol. The predicted molar refractivity (Wildman–Crippen MR) is 152 cm³/mol. The third kappa shape index (κ3) is 4.17. The molecule has 0 saturated heterocycles. The molecule has 5 nitrogen and oxygen atoms in total. The largest absolute Gasteiger partial charge is 0.306 e. The zero-order chi connectivity index (χ0) is 25.0. The molecule has 1 heterocycles. The Morgan fingerprint density at radius 1 is 0.514 bits per heavy atom. The molecule has 0 fully saturated rings. The highest BCUT2D eigenvalue weighted by atomic mass is 15.3. The van der Waals surface area contributed by atoms with Crippen LogP contribution in [0.5, 0.6) is 0 Å². The second kappa shape index (κ2) is 9.91. The molecule has 0 bridgehead atoms. The Labute approximate surface area is 216 Å². The van der Waals surface area contributed by atoms with Crippen LogP contribution in [0.4, 0.5) is 39.8 Å². The minimum absolute atomic E-state index is 0.525. The van der Waals surface area contributed by atoms with Gasteiger partial charge in [0, 0.05) is 17.5 Å². The van der Waals surface area contributed by atoms with Gasteiger partial charge in [0.25, 0.3) is 0 Å². The van der Waals surface area contributed by atoms with Gasteiger partial charge in [-0.15, -0.1) is 0 Å². The van der Waals surface area contributed by atoms with Crippen molar-refractivity contribution in [3.05, 3.63) is 139 Å². The Morgan fingerprint density at radius 3 is 1.54 bits per heavy atom. The highest BCUT2D eigenvalue weighted by molar-refractivity contribution is 6.02. The molecule has 5 aromatic carbocycles. The number of hydrogen-bond acceptors (Lipinski definition) is 5. The van der Waals surface area contributed by atoms with Gasteiger partial charge in [-0.05, 0) is 54.6 Å². The number of fused-ring (bicyclic) bond motifs is 2. The van der Waals surface area contributed by atoms with Gasteiger partial charge < -0.3 is 9.80 Å². The summed E-state index contributed by atoms with van der Waals surface area (Å²) < 4.78 is 0. The smallest absolute Gasteiger partial charge is 0.133 e. The molecule has 0 saturated carbocycles. The maximum Gasteiger partial charge on any atom is 0.133 e. The average molecular weight is 480 g/mol. The molecule has 1 aliphatic rings. The van der Waals surface area contributed by atoms with Crippen molar-refractivity contribution in [2.24, 2.45) is 10.1 Å². The summed E-state index contributed by atoms with van der Waals surface area (Å²) >= 11 is 0. The number of anilines is 6. The van der Waals surface area contributed by atoms with Gasteiger partial charge >= 0.3 is 0 Å². The van der Waals surface area contributed by atoms with Crippen LogP contribution in [0, 0.1) is 5.53 Å². The fraction of sp³-hybridized carbons (Fsp3) is 0.0312. The fourth-order valence-corrected chi connectivity index (χ4v) is 4.85. The molecule has 1 aliphatic heterocycles. The van der Waals surface area contributed by atoms with Gasteiger partial charge in [0.1, 0.15) is 6.04 Å². The van der Waals surface area contributed by atoms with Gasteiger partial charge in [0.15, 0.2) is 0 Å². The van der Waals surface area contributed by atoms with Crippen LogP contribution in [0.1, 0.15) is 11.6 Å². The van der Waals surface area contributed by atoms with Crippen LogP contribution in [0.25, 0.3) is 0 Å². The van der Waals surface area contributed by atoms with E-state index in [9.17, 15) is 0 Å². The second-order valence-corrected chi connectivity index (χ2v) is 8.73. The summed E-state index contributed by atoms with van der Waals surface area (Å²) in [5, 5.41) is 3.97. The molecule has 1 N–H and O–H groups in total. The van der Waals surface area contributed by atoms with Crippen LogP contribution in [0.3, 0.4) is 0 Å².